The van der Waals surface area contributed by atoms with Crippen molar-refractivity contribution in [2.75, 3.05) is 34.2 Å². The average Bonchev–Trinajstić information content (AvgIpc) is 2.85. The number of carbonyl (C=O) groups is 2. The molecule has 0 aromatic heterocycles. The second-order valence-electron chi connectivity index (χ2n) is 5.86. The van der Waals surface area contributed by atoms with E-state index < -0.39 is 0 Å². The molecule has 0 aromatic carbocycles. The fourth-order valence-corrected chi connectivity index (χ4v) is 2.82. The summed E-state index contributed by atoms with van der Waals surface area (Å²) in [7, 11) is 5.40. The summed E-state index contributed by atoms with van der Waals surface area (Å²) in [5.41, 5.74) is -0.376. The van der Waals surface area contributed by atoms with Gasteiger partial charge >= 0.3 is 0 Å². The molecule has 2 N–H and O–H groups in total. The van der Waals surface area contributed by atoms with Crippen LogP contribution >= 0.6 is 0 Å². The van der Waals surface area contributed by atoms with Crippen LogP contribution in [-0.2, 0) is 9.59 Å². The second-order valence-corrected chi connectivity index (χ2v) is 5.86. The Bertz CT molecular complexity index is 323. The molecule has 1 atom stereocenters. The third-order valence-corrected chi connectivity index (χ3v) is 3.98. The van der Waals surface area contributed by atoms with Crippen molar-refractivity contribution in [2.24, 2.45) is 11.3 Å². The minimum atomic E-state index is -0.376. The van der Waals surface area contributed by atoms with Gasteiger partial charge < -0.3 is 15.5 Å². The summed E-state index contributed by atoms with van der Waals surface area (Å²) in [6.07, 6.45) is 3.90. The van der Waals surface area contributed by atoms with Crippen LogP contribution in [0.5, 0.6) is 0 Å². The lowest BCUT2D eigenvalue weighted by atomic mass is 9.84. The van der Waals surface area contributed by atoms with Gasteiger partial charge in [-0.1, -0.05) is 19.8 Å². The highest BCUT2D eigenvalue weighted by molar-refractivity contribution is 5.84. The van der Waals surface area contributed by atoms with Crippen molar-refractivity contribution in [2.45, 2.75) is 32.6 Å². The molecular formula is C14H27N3O2. The lowest BCUT2D eigenvalue weighted by molar-refractivity contribution is -0.139. The Morgan fingerprint density at radius 2 is 1.84 bits per heavy atom. The summed E-state index contributed by atoms with van der Waals surface area (Å²) in [5.74, 6) is 0.0941. The Morgan fingerprint density at radius 1 is 1.26 bits per heavy atom. The number of nitrogens with one attached hydrogen (secondary N) is 2. The fraction of sp³-hybridized carbons (Fsp3) is 0.857. The van der Waals surface area contributed by atoms with Crippen molar-refractivity contribution in [1.82, 2.24) is 15.5 Å². The molecule has 1 aliphatic carbocycles. The lowest BCUT2D eigenvalue weighted by Gasteiger charge is -2.31. The molecule has 1 aliphatic rings. The molecule has 0 saturated heterocycles. The van der Waals surface area contributed by atoms with E-state index in [4.69, 9.17) is 0 Å². The van der Waals surface area contributed by atoms with Gasteiger partial charge in [0.25, 0.3) is 0 Å². The Hall–Kier alpha value is -1.10. The molecule has 5 heteroatoms. The van der Waals surface area contributed by atoms with Gasteiger partial charge in [-0.05, 0) is 19.9 Å². The molecule has 1 saturated carbocycles. The van der Waals surface area contributed by atoms with Crippen molar-refractivity contribution in [3.63, 3.8) is 0 Å². The highest BCUT2D eigenvalue weighted by Crippen LogP contribution is 2.38. The van der Waals surface area contributed by atoms with E-state index in [2.05, 4.69) is 10.6 Å². The van der Waals surface area contributed by atoms with Gasteiger partial charge in [-0.2, -0.15) is 0 Å². The van der Waals surface area contributed by atoms with Crippen LogP contribution in [0.1, 0.15) is 32.6 Å². The first-order valence-electron chi connectivity index (χ1n) is 7.07. The summed E-state index contributed by atoms with van der Waals surface area (Å²) in [6.45, 7) is 3.01. The Balaban J connectivity index is 2.60. The molecule has 0 heterocycles. The first-order valence-corrected chi connectivity index (χ1v) is 7.07. The van der Waals surface area contributed by atoms with E-state index in [0.717, 1.165) is 25.7 Å². The van der Waals surface area contributed by atoms with E-state index >= 15 is 0 Å². The van der Waals surface area contributed by atoms with Crippen LogP contribution in [0.25, 0.3) is 0 Å². The van der Waals surface area contributed by atoms with Crippen LogP contribution < -0.4 is 10.6 Å². The normalized spacial score (nSPS) is 18.9. The van der Waals surface area contributed by atoms with E-state index in [1.807, 2.05) is 14.0 Å². The van der Waals surface area contributed by atoms with Crippen molar-refractivity contribution < 1.29 is 9.59 Å². The third kappa shape index (κ3) is 3.93. The molecule has 110 valence electrons. The summed E-state index contributed by atoms with van der Waals surface area (Å²) in [4.78, 5) is 25.9. The maximum Gasteiger partial charge on any atom is 0.230 e. The molecule has 0 bridgehead atoms. The van der Waals surface area contributed by atoms with Crippen LogP contribution in [0.4, 0.5) is 0 Å². The van der Waals surface area contributed by atoms with Crippen molar-refractivity contribution >= 4 is 11.8 Å². The van der Waals surface area contributed by atoms with E-state index in [9.17, 15) is 9.59 Å². The number of carbonyl (C=O) groups excluding carboxylic acids is 2. The van der Waals surface area contributed by atoms with Crippen LogP contribution in [-0.4, -0.2) is 50.9 Å². The predicted molar refractivity (Wildman–Crippen MR) is 75.7 cm³/mol. The molecule has 0 aromatic rings. The van der Waals surface area contributed by atoms with Crippen molar-refractivity contribution in [3.8, 4) is 0 Å². The number of nitrogens with zero attached hydrogens (tertiary/aromatic N) is 1. The van der Waals surface area contributed by atoms with Crippen molar-refractivity contribution in [3.05, 3.63) is 0 Å². The number of amides is 2. The van der Waals surface area contributed by atoms with Gasteiger partial charge in [-0.15, -0.1) is 0 Å². The van der Waals surface area contributed by atoms with Gasteiger partial charge in [0.1, 0.15) is 0 Å². The molecule has 5 nitrogen and oxygen atoms in total. The fourth-order valence-electron chi connectivity index (χ4n) is 2.82. The topological polar surface area (TPSA) is 61.4 Å². The van der Waals surface area contributed by atoms with Crippen LogP contribution in [0.2, 0.25) is 0 Å². The Labute approximate surface area is 116 Å². The Kier molecular flexibility index (Phi) is 5.79. The van der Waals surface area contributed by atoms with Crippen molar-refractivity contribution in [1.29, 1.82) is 0 Å². The van der Waals surface area contributed by atoms with Crippen LogP contribution in [0.15, 0.2) is 0 Å². The highest BCUT2D eigenvalue weighted by Gasteiger charge is 2.42. The minimum Gasteiger partial charge on any atom is -0.355 e. The number of hydrogen-bond acceptors (Lipinski definition) is 3. The van der Waals surface area contributed by atoms with Gasteiger partial charge in [0.05, 0.1) is 5.41 Å². The van der Waals surface area contributed by atoms with Gasteiger partial charge in [0, 0.05) is 33.1 Å². The van der Waals surface area contributed by atoms with E-state index in [0.29, 0.717) is 13.1 Å². The zero-order chi connectivity index (χ0) is 14.5. The largest absolute Gasteiger partial charge is 0.355 e. The van der Waals surface area contributed by atoms with Gasteiger partial charge in [0.2, 0.25) is 11.8 Å². The molecule has 19 heavy (non-hydrogen) atoms. The van der Waals surface area contributed by atoms with E-state index in [1.165, 1.54) is 0 Å². The number of hydrogen-bond donors (Lipinski definition) is 2. The zero-order valence-corrected chi connectivity index (χ0v) is 12.6. The molecule has 1 rings (SSSR count). The lowest BCUT2D eigenvalue weighted by Crippen LogP contribution is -2.48. The van der Waals surface area contributed by atoms with E-state index in [1.54, 1.807) is 19.0 Å². The summed E-state index contributed by atoms with van der Waals surface area (Å²) < 4.78 is 0. The van der Waals surface area contributed by atoms with E-state index in [-0.39, 0.29) is 23.1 Å². The summed E-state index contributed by atoms with van der Waals surface area (Å²) in [6, 6.07) is 0. The first-order chi connectivity index (χ1) is 8.93. The SMILES string of the molecule is CNCC(C)C(=O)NCC1(C(=O)N(C)C)CCCC1. The maximum absolute atomic E-state index is 12.3. The molecule has 0 aliphatic heterocycles. The molecule has 0 spiro atoms. The molecule has 1 unspecified atom stereocenters. The molecule has 1 fully saturated rings. The molecule has 2 amide bonds. The average molecular weight is 269 g/mol. The van der Waals surface area contributed by atoms with Crippen LogP contribution in [0.3, 0.4) is 0 Å². The van der Waals surface area contributed by atoms with Gasteiger partial charge in [0.15, 0.2) is 0 Å². The van der Waals surface area contributed by atoms with Crippen LogP contribution in [0, 0.1) is 11.3 Å². The molecule has 0 radical (unpaired) electrons. The zero-order valence-electron chi connectivity index (χ0n) is 12.6. The third-order valence-electron chi connectivity index (χ3n) is 3.98. The standard InChI is InChI=1S/C14H27N3O2/c1-11(9-15-2)12(18)16-10-14(7-5-6-8-14)13(19)17(3)4/h11,15H,5-10H2,1-4H3,(H,16,18). The monoisotopic (exact) mass is 269 g/mol. The Morgan fingerprint density at radius 3 is 2.32 bits per heavy atom. The number of rotatable bonds is 6. The first kappa shape index (κ1) is 16.0. The van der Waals surface area contributed by atoms with Gasteiger partial charge in [-0.25, -0.2) is 0 Å². The quantitative estimate of drug-likeness (QED) is 0.742. The second kappa shape index (κ2) is 6.89. The highest BCUT2D eigenvalue weighted by atomic mass is 16.2. The summed E-state index contributed by atoms with van der Waals surface area (Å²) >= 11 is 0. The summed E-state index contributed by atoms with van der Waals surface area (Å²) in [5, 5.41) is 5.95. The predicted octanol–water partition coefficient (Wildman–Crippen LogP) is 0.607. The maximum atomic E-state index is 12.3. The van der Waals surface area contributed by atoms with Gasteiger partial charge in [-0.3, -0.25) is 9.59 Å². The molecular weight excluding hydrogens is 242 g/mol. The smallest absolute Gasteiger partial charge is 0.230 e. The minimum absolute atomic E-state index is 0.0205.